The van der Waals surface area contributed by atoms with Crippen LogP contribution in [0.3, 0.4) is 0 Å². The van der Waals surface area contributed by atoms with Gasteiger partial charge in [-0.05, 0) is 36.8 Å². The second-order valence-electron chi connectivity index (χ2n) is 6.72. The van der Waals surface area contributed by atoms with Gasteiger partial charge in [-0.15, -0.1) is 10.2 Å². The molecule has 3 heterocycles. The van der Waals surface area contributed by atoms with Crippen LogP contribution < -0.4 is 5.32 Å². The normalized spacial score (nSPS) is 11.8. The minimum atomic E-state index is -0.415. The predicted molar refractivity (Wildman–Crippen MR) is 122 cm³/mol. The molecule has 0 radical (unpaired) electrons. The molecule has 0 saturated heterocycles. The number of rotatable bonds is 7. The van der Waals surface area contributed by atoms with Crippen molar-refractivity contribution < 1.29 is 4.79 Å². The number of hydrogen-bond donors (Lipinski definition) is 1. The molecule has 1 unspecified atom stereocenters. The first kappa shape index (κ1) is 21.0. The summed E-state index contributed by atoms with van der Waals surface area (Å²) in [6.07, 6.45) is 4.93. The standard InChI is InChI=1S/C22H19ClN6OS/c1-15(21(30)26-19-8-7-18(23)13-25-19)31-22-28-27-20(17-9-11-24-12-10-17)29(22)14-16-5-3-2-4-6-16/h2-13,15H,14H2,1H3,(H,25,26,30). The molecule has 4 rings (SSSR count). The van der Waals surface area contributed by atoms with Crippen molar-refractivity contribution in [3.8, 4) is 11.4 Å². The number of benzene rings is 1. The quantitative estimate of drug-likeness (QED) is 0.415. The summed E-state index contributed by atoms with van der Waals surface area (Å²) in [5.41, 5.74) is 2.02. The Morgan fingerprint density at radius 2 is 1.87 bits per heavy atom. The van der Waals surface area contributed by atoms with Gasteiger partial charge < -0.3 is 5.32 Å². The molecule has 1 N–H and O–H groups in total. The molecular weight excluding hydrogens is 432 g/mol. The van der Waals surface area contributed by atoms with E-state index in [0.29, 0.717) is 22.5 Å². The fraction of sp³-hybridized carbons (Fsp3) is 0.136. The van der Waals surface area contributed by atoms with Crippen molar-refractivity contribution in [2.45, 2.75) is 23.9 Å². The molecule has 0 spiro atoms. The maximum atomic E-state index is 12.7. The Morgan fingerprint density at radius 3 is 2.58 bits per heavy atom. The van der Waals surface area contributed by atoms with Crippen molar-refractivity contribution in [1.82, 2.24) is 24.7 Å². The van der Waals surface area contributed by atoms with Gasteiger partial charge in [0.05, 0.1) is 16.8 Å². The van der Waals surface area contributed by atoms with Crippen molar-refractivity contribution in [1.29, 1.82) is 0 Å². The number of hydrogen-bond acceptors (Lipinski definition) is 6. The summed E-state index contributed by atoms with van der Waals surface area (Å²) in [6, 6.07) is 17.2. The Kier molecular flexibility index (Phi) is 6.59. The molecule has 0 saturated carbocycles. The molecule has 7 nitrogen and oxygen atoms in total. The molecule has 1 aromatic carbocycles. The van der Waals surface area contributed by atoms with Crippen LogP contribution in [0.15, 0.2) is 78.3 Å². The van der Waals surface area contributed by atoms with Gasteiger partial charge in [0.25, 0.3) is 0 Å². The van der Waals surface area contributed by atoms with E-state index in [2.05, 4.69) is 25.5 Å². The summed E-state index contributed by atoms with van der Waals surface area (Å²) in [5.74, 6) is 0.991. The van der Waals surface area contributed by atoms with Crippen LogP contribution in [0.5, 0.6) is 0 Å². The average Bonchev–Trinajstić information content (AvgIpc) is 3.18. The fourth-order valence-corrected chi connectivity index (χ4v) is 3.85. The molecule has 0 aliphatic carbocycles. The molecule has 3 aromatic heterocycles. The third kappa shape index (κ3) is 5.28. The van der Waals surface area contributed by atoms with Gasteiger partial charge in [-0.3, -0.25) is 14.3 Å². The lowest BCUT2D eigenvalue weighted by Gasteiger charge is -2.14. The van der Waals surface area contributed by atoms with Crippen LogP contribution in [-0.2, 0) is 11.3 Å². The zero-order valence-electron chi connectivity index (χ0n) is 16.6. The van der Waals surface area contributed by atoms with Crippen molar-refractivity contribution in [3.05, 3.63) is 83.8 Å². The maximum Gasteiger partial charge on any atom is 0.238 e. The number of pyridine rings is 2. The van der Waals surface area contributed by atoms with E-state index in [0.717, 1.165) is 17.0 Å². The van der Waals surface area contributed by atoms with Crippen LogP contribution in [0.2, 0.25) is 5.02 Å². The summed E-state index contributed by atoms with van der Waals surface area (Å²) in [7, 11) is 0. The number of amides is 1. The smallest absolute Gasteiger partial charge is 0.238 e. The Hall–Kier alpha value is -3.23. The summed E-state index contributed by atoms with van der Waals surface area (Å²) >= 11 is 7.20. The second-order valence-corrected chi connectivity index (χ2v) is 8.47. The van der Waals surface area contributed by atoms with Gasteiger partial charge in [0, 0.05) is 24.2 Å². The number of carbonyl (C=O) groups is 1. The molecule has 31 heavy (non-hydrogen) atoms. The van der Waals surface area contributed by atoms with Crippen LogP contribution in [0, 0.1) is 0 Å². The SMILES string of the molecule is CC(Sc1nnc(-c2ccncc2)n1Cc1ccccc1)C(=O)Nc1ccc(Cl)cn1. The van der Waals surface area contributed by atoms with Crippen LogP contribution in [-0.4, -0.2) is 35.9 Å². The lowest BCUT2D eigenvalue weighted by molar-refractivity contribution is -0.115. The average molecular weight is 451 g/mol. The highest BCUT2D eigenvalue weighted by atomic mass is 35.5. The van der Waals surface area contributed by atoms with Crippen molar-refractivity contribution in [2.24, 2.45) is 0 Å². The second kappa shape index (κ2) is 9.72. The predicted octanol–water partition coefficient (Wildman–Crippen LogP) is 4.56. The monoisotopic (exact) mass is 450 g/mol. The zero-order chi connectivity index (χ0) is 21.6. The molecule has 0 aliphatic rings. The molecule has 0 bridgehead atoms. The summed E-state index contributed by atoms with van der Waals surface area (Å²) in [6.45, 7) is 2.41. The van der Waals surface area contributed by atoms with E-state index in [9.17, 15) is 4.79 Å². The number of thioether (sulfide) groups is 1. The minimum absolute atomic E-state index is 0.181. The van der Waals surface area contributed by atoms with E-state index in [4.69, 9.17) is 11.6 Å². The molecule has 4 aromatic rings. The fourth-order valence-electron chi connectivity index (χ4n) is 2.89. The van der Waals surface area contributed by atoms with Gasteiger partial charge in [-0.2, -0.15) is 0 Å². The Labute approximate surface area is 188 Å². The number of nitrogens with zero attached hydrogens (tertiary/aromatic N) is 5. The Bertz CT molecular complexity index is 1150. The van der Waals surface area contributed by atoms with Crippen LogP contribution in [0.4, 0.5) is 5.82 Å². The van der Waals surface area contributed by atoms with E-state index in [1.807, 2.05) is 54.0 Å². The Balaban J connectivity index is 1.57. The highest BCUT2D eigenvalue weighted by molar-refractivity contribution is 8.00. The third-order valence-corrected chi connectivity index (χ3v) is 5.77. The zero-order valence-corrected chi connectivity index (χ0v) is 18.2. The molecule has 9 heteroatoms. The third-order valence-electron chi connectivity index (χ3n) is 4.47. The molecule has 1 atom stereocenters. The Morgan fingerprint density at radius 1 is 1.10 bits per heavy atom. The number of aromatic nitrogens is 5. The first-order valence-electron chi connectivity index (χ1n) is 9.57. The summed E-state index contributed by atoms with van der Waals surface area (Å²) in [5, 5.41) is 12.3. The van der Waals surface area contributed by atoms with E-state index in [1.54, 1.807) is 24.5 Å². The molecule has 0 aliphatic heterocycles. The van der Waals surface area contributed by atoms with Gasteiger partial charge >= 0.3 is 0 Å². The van der Waals surface area contributed by atoms with Crippen LogP contribution in [0.1, 0.15) is 12.5 Å². The van der Waals surface area contributed by atoms with Crippen molar-refractivity contribution in [2.75, 3.05) is 5.32 Å². The van der Waals surface area contributed by atoms with E-state index < -0.39 is 5.25 Å². The maximum absolute atomic E-state index is 12.7. The number of halogens is 1. The molecule has 1 amide bonds. The van der Waals surface area contributed by atoms with Crippen LogP contribution in [0.25, 0.3) is 11.4 Å². The van der Waals surface area contributed by atoms with Gasteiger partial charge in [0.15, 0.2) is 11.0 Å². The van der Waals surface area contributed by atoms with E-state index in [1.165, 1.54) is 18.0 Å². The number of nitrogens with one attached hydrogen (secondary N) is 1. The number of carbonyl (C=O) groups excluding carboxylic acids is 1. The van der Waals surface area contributed by atoms with Gasteiger partial charge in [0.2, 0.25) is 5.91 Å². The highest BCUT2D eigenvalue weighted by Gasteiger charge is 2.21. The van der Waals surface area contributed by atoms with E-state index >= 15 is 0 Å². The first-order chi connectivity index (χ1) is 15.1. The number of anilines is 1. The van der Waals surface area contributed by atoms with E-state index in [-0.39, 0.29) is 5.91 Å². The minimum Gasteiger partial charge on any atom is -0.310 e. The first-order valence-corrected chi connectivity index (χ1v) is 10.8. The van der Waals surface area contributed by atoms with Crippen LogP contribution >= 0.6 is 23.4 Å². The molecule has 0 fully saturated rings. The lowest BCUT2D eigenvalue weighted by atomic mass is 10.2. The highest BCUT2D eigenvalue weighted by Crippen LogP contribution is 2.28. The topological polar surface area (TPSA) is 85.6 Å². The van der Waals surface area contributed by atoms with Crippen molar-refractivity contribution >= 4 is 35.1 Å². The summed E-state index contributed by atoms with van der Waals surface area (Å²) in [4.78, 5) is 20.9. The molecular formula is C22H19ClN6OS. The summed E-state index contributed by atoms with van der Waals surface area (Å²) < 4.78 is 2.01. The van der Waals surface area contributed by atoms with Crippen molar-refractivity contribution in [3.63, 3.8) is 0 Å². The van der Waals surface area contributed by atoms with Gasteiger partial charge in [-0.25, -0.2) is 4.98 Å². The van der Waals surface area contributed by atoms with Gasteiger partial charge in [0.1, 0.15) is 5.82 Å². The lowest BCUT2D eigenvalue weighted by Crippen LogP contribution is -2.23. The molecule has 156 valence electrons. The van der Waals surface area contributed by atoms with Gasteiger partial charge in [-0.1, -0.05) is 53.7 Å². The largest absolute Gasteiger partial charge is 0.310 e.